The molecule has 10 nitrogen and oxygen atoms in total. The van der Waals surface area contributed by atoms with Crippen LogP contribution in [0.15, 0.2) is 36.1 Å². The number of amides is 1. The van der Waals surface area contributed by atoms with Crippen LogP contribution in [0, 0.1) is 0 Å². The van der Waals surface area contributed by atoms with Crippen molar-refractivity contribution >= 4 is 17.8 Å². The third kappa shape index (κ3) is 33.3. The average Bonchev–Trinajstić information content (AvgIpc) is 2.84. The van der Waals surface area contributed by atoms with Gasteiger partial charge < -0.3 is 35.5 Å². The van der Waals surface area contributed by atoms with Gasteiger partial charge in [-0.25, -0.2) is 4.79 Å². The van der Waals surface area contributed by atoms with Crippen molar-refractivity contribution in [1.82, 2.24) is 5.32 Å². The molecule has 0 spiro atoms. The van der Waals surface area contributed by atoms with Crippen LogP contribution >= 0.6 is 0 Å². The van der Waals surface area contributed by atoms with E-state index in [0.717, 1.165) is 50.5 Å². The minimum absolute atomic E-state index is 0.0718. The Balaban J connectivity index is 0. The molecule has 0 rings (SSSR count). The lowest BCUT2D eigenvalue weighted by Gasteiger charge is -2.07. The first-order valence-corrected chi connectivity index (χ1v) is 12.9. The summed E-state index contributed by atoms with van der Waals surface area (Å²) < 4.78 is 15.3. The van der Waals surface area contributed by atoms with Crippen LogP contribution in [-0.4, -0.2) is 74.2 Å². The molecule has 10 heteroatoms. The maximum absolute atomic E-state index is 11.5. The van der Waals surface area contributed by atoms with Crippen molar-refractivity contribution in [3.05, 3.63) is 36.1 Å². The van der Waals surface area contributed by atoms with E-state index >= 15 is 0 Å². The minimum atomic E-state index is -0.983. The molecular weight excluding hydrogens is 480 g/mol. The van der Waals surface area contributed by atoms with Gasteiger partial charge in [0.15, 0.2) is 6.61 Å². The standard InChI is InChI=1S/C17H34N2O5.C10H14O3/c18-10-12-23-13-14-24-15-16(20)19-11-8-6-4-2-1-3-5-7-9-17(21)22;1-4-9(6-5-8(2)3)13-7-10(11)12/h1-15,18H2,(H,19,20)(H,21,22);4-6H,2,7H2,1,3H3,(H,11,12)/b;6-5-,9-4+. The summed E-state index contributed by atoms with van der Waals surface area (Å²) in [5.41, 5.74) is 6.16. The molecule has 37 heavy (non-hydrogen) atoms. The van der Waals surface area contributed by atoms with E-state index in [4.69, 9.17) is 30.2 Å². The Morgan fingerprint density at radius 1 is 0.838 bits per heavy atom. The van der Waals surface area contributed by atoms with E-state index in [0.29, 0.717) is 38.7 Å². The number of carboxylic acid groups (broad SMARTS) is 2. The fourth-order valence-electron chi connectivity index (χ4n) is 2.81. The molecule has 1 amide bonds. The number of ether oxygens (including phenoxy) is 3. The lowest BCUT2D eigenvalue weighted by atomic mass is 10.1. The number of hydrogen-bond donors (Lipinski definition) is 4. The summed E-state index contributed by atoms with van der Waals surface area (Å²) in [6, 6.07) is 0. The van der Waals surface area contributed by atoms with Crippen LogP contribution < -0.4 is 11.1 Å². The number of allylic oxidation sites excluding steroid dienone is 4. The van der Waals surface area contributed by atoms with Crippen molar-refractivity contribution < 1.29 is 38.8 Å². The number of unbranched alkanes of at least 4 members (excludes halogenated alkanes) is 7. The van der Waals surface area contributed by atoms with E-state index in [1.165, 1.54) is 6.42 Å². The van der Waals surface area contributed by atoms with E-state index in [1.807, 2.05) is 6.92 Å². The van der Waals surface area contributed by atoms with Crippen LogP contribution in [0.25, 0.3) is 0 Å². The smallest absolute Gasteiger partial charge is 0.341 e. The van der Waals surface area contributed by atoms with Gasteiger partial charge in [-0.2, -0.15) is 0 Å². The van der Waals surface area contributed by atoms with E-state index in [2.05, 4.69) is 11.9 Å². The van der Waals surface area contributed by atoms with Crippen LogP contribution in [0.2, 0.25) is 0 Å². The molecule has 0 unspecified atom stereocenters. The molecule has 0 radical (unpaired) electrons. The molecule has 0 aliphatic carbocycles. The highest BCUT2D eigenvalue weighted by Gasteiger charge is 2.01. The molecule has 0 saturated heterocycles. The first kappa shape index (κ1) is 36.5. The summed E-state index contributed by atoms with van der Waals surface area (Å²) >= 11 is 0. The Labute approximate surface area is 221 Å². The maximum Gasteiger partial charge on any atom is 0.341 e. The van der Waals surface area contributed by atoms with Gasteiger partial charge in [0, 0.05) is 19.5 Å². The Morgan fingerprint density at radius 3 is 1.97 bits per heavy atom. The molecule has 214 valence electrons. The first-order valence-electron chi connectivity index (χ1n) is 12.9. The fourth-order valence-corrected chi connectivity index (χ4v) is 2.81. The lowest BCUT2D eigenvalue weighted by Crippen LogP contribution is -2.29. The van der Waals surface area contributed by atoms with Crippen LogP contribution in [0.3, 0.4) is 0 Å². The molecule has 0 fully saturated rings. The molecule has 0 saturated carbocycles. The number of nitrogens with one attached hydrogen (secondary N) is 1. The second-order valence-electron chi connectivity index (χ2n) is 8.33. The first-order chi connectivity index (χ1) is 17.7. The number of hydrogen-bond acceptors (Lipinski definition) is 7. The number of rotatable bonds is 23. The van der Waals surface area contributed by atoms with E-state index in [1.54, 1.807) is 25.2 Å². The third-order valence-electron chi connectivity index (χ3n) is 4.69. The summed E-state index contributed by atoms with van der Waals surface area (Å²) in [5, 5.41) is 19.7. The van der Waals surface area contributed by atoms with E-state index in [9.17, 15) is 14.4 Å². The van der Waals surface area contributed by atoms with Crippen molar-refractivity contribution in [2.75, 3.05) is 46.1 Å². The van der Waals surface area contributed by atoms with Gasteiger partial charge in [-0.05, 0) is 38.8 Å². The highest BCUT2D eigenvalue weighted by atomic mass is 16.5. The van der Waals surface area contributed by atoms with Gasteiger partial charge in [-0.15, -0.1) is 0 Å². The zero-order valence-electron chi connectivity index (χ0n) is 22.7. The number of carbonyl (C=O) groups excluding carboxylic acids is 1. The van der Waals surface area contributed by atoms with Crippen molar-refractivity contribution in [2.45, 2.75) is 71.6 Å². The number of carboxylic acids is 2. The van der Waals surface area contributed by atoms with Crippen molar-refractivity contribution in [3.63, 3.8) is 0 Å². The van der Waals surface area contributed by atoms with Gasteiger partial charge in [0.1, 0.15) is 12.4 Å². The highest BCUT2D eigenvalue weighted by molar-refractivity contribution is 5.77. The largest absolute Gasteiger partial charge is 0.482 e. The summed E-state index contributed by atoms with van der Waals surface area (Å²) in [7, 11) is 0. The molecule has 0 aromatic carbocycles. The molecular formula is C27H48N2O8. The SMILES string of the molecule is C=C(C)/C=C\C(=C/C)OCC(=O)O.NCCOCCOCC(=O)NCCCCCCCCCCC(=O)O. The van der Waals surface area contributed by atoms with Gasteiger partial charge in [-0.1, -0.05) is 56.8 Å². The van der Waals surface area contributed by atoms with Gasteiger partial charge in [0.05, 0.1) is 19.8 Å². The minimum Gasteiger partial charge on any atom is -0.482 e. The molecule has 5 N–H and O–H groups in total. The summed E-state index contributed by atoms with van der Waals surface area (Å²) in [5.74, 6) is -1.25. The fraction of sp³-hybridized carbons (Fsp3) is 0.667. The monoisotopic (exact) mass is 528 g/mol. The Morgan fingerprint density at radius 2 is 1.43 bits per heavy atom. The lowest BCUT2D eigenvalue weighted by molar-refractivity contribution is -0.140. The molecule has 0 aromatic heterocycles. The molecule has 0 bridgehead atoms. The third-order valence-corrected chi connectivity index (χ3v) is 4.69. The topological polar surface area (TPSA) is 157 Å². The van der Waals surface area contributed by atoms with Gasteiger partial charge >= 0.3 is 11.9 Å². The predicted molar refractivity (Wildman–Crippen MR) is 144 cm³/mol. The Bertz CT molecular complexity index is 677. The summed E-state index contributed by atoms with van der Waals surface area (Å²) in [4.78, 5) is 32.0. The Kier molecular flexibility index (Phi) is 27.5. The number of nitrogens with two attached hydrogens (primary N) is 1. The average molecular weight is 529 g/mol. The number of carbonyl (C=O) groups is 3. The molecule has 0 atom stereocenters. The molecule has 0 aliphatic heterocycles. The van der Waals surface area contributed by atoms with E-state index < -0.39 is 11.9 Å². The maximum atomic E-state index is 11.5. The normalized spacial score (nSPS) is 11.1. The predicted octanol–water partition coefficient (Wildman–Crippen LogP) is 3.81. The van der Waals surface area contributed by atoms with Crippen LogP contribution in [0.4, 0.5) is 0 Å². The molecule has 0 heterocycles. The van der Waals surface area contributed by atoms with Crippen LogP contribution in [0.5, 0.6) is 0 Å². The van der Waals surface area contributed by atoms with Crippen LogP contribution in [-0.2, 0) is 28.6 Å². The van der Waals surface area contributed by atoms with E-state index in [-0.39, 0.29) is 25.5 Å². The summed E-state index contributed by atoms with van der Waals surface area (Å²) in [6.07, 6.45) is 13.9. The molecule has 0 aromatic rings. The summed E-state index contributed by atoms with van der Waals surface area (Å²) in [6.45, 7) is 9.60. The van der Waals surface area contributed by atoms with Gasteiger partial charge in [0.25, 0.3) is 0 Å². The second-order valence-corrected chi connectivity index (χ2v) is 8.33. The quantitative estimate of drug-likeness (QED) is 0.0879. The highest BCUT2D eigenvalue weighted by Crippen LogP contribution is 2.09. The van der Waals surface area contributed by atoms with Crippen molar-refractivity contribution in [2.24, 2.45) is 5.73 Å². The molecule has 0 aliphatic rings. The van der Waals surface area contributed by atoms with Gasteiger partial charge in [0.2, 0.25) is 5.91 Å². The van der Waals surface area contributed by atoms with Crippen LogP contribution in [0.1, 0.15) is 71.6 Å². The zero-order valence-corrected chi connectivity index (χ0v) is 22.7. The number of aliphatic carboxylic acids is 2. The Hall–Kier alpha value is -2.69. The van der Waals surface area contributed by atoms with Crippen molar-refractivity contribution in [1.29, 1.82) is 0 Å². The van der Waals surface area contributed by atoms with Crippen molar-refractivity contribution in [3.8, 4) is 0 Å². The zero-order chi connectivity index (χ0) is 28.2. The second kappa shape index (κ2) is 27.9. The van der Waals surface area contributed by atoms with Gasteiger partial charge in [-0.3, -0.25) is 9.59 Å².